The molecule has 0 spiro atoms. The van der Waals surface area contributed by atoms with Gasteiger partial charge in [0.1, 0.15) is 0 Å². The molecule has 0 bridgehead atoms. The van der Waals surface area contributed by atoms with Crippen LogP contribution in [0.2, 0.25) is 0 Å². The lowest BCUT2D eigenvalue weighted by Crippen LogP contribution is -2.55. The van der Waals surface area contributed by atoms with Crippen LogP contribution in [0.5, 0.6) is 0 Å². The van der Waals surface area contributed by atoms with Gasteiger partial charge < -0.3 is 11.5 Å². The molecule has 2 rings (SSSR count). The first-order chi connectivity index (χ1) is 7.37. The van der Waals surface area contributed by atoms with Crippen molar-refractivity contribution >= 4 is 0 Å². The van der Waals surface area contributed by atoms with Crippen LogP contribution in [0.25, 0.3) is 0 Å². The summed E-state index contributed by atoms with van der Waals surface area (Å²) >= 11 is 0. The lowest BCUT2D eigenvalue weighted by molar-refractivity contribution is 0.121. The largest absolute Gasteiger partial charge is 0.327 e. The molecule has 94 valence electrons. The zero-order valence-electron chi connectivity index (χ0n) is 11.1. The predicted molar refractivity (Wildman–Crippen MR) is 69.0 cm³/mol. The molecule has 0 heterocycles. The minimum atomic E-state index is -0.0128. The van der Waals surface area contributed by atoms with Crippen molar-refractivity contribution in [3.63, 3.8) is 0 Å². The molecule has 0 aromatic rings. The van der Waals surface area contributed by atoms with Gasteiger partial charge in [-0.25, -0.2) is 0 Å². The van der Waals surface area contributed by atoms with Crippen molar-refractivity contribution in [3.8, 4) is 0 Å². The van der Waals surface area contributed by atoms with Gasteiger partial charge in [-0.3, -0.25) is 0 Å². The van der Waals surface area contributed by atoms with Crippen LogP contribution in [-0.2, 0) is 0 Å². The minimum Gasteiger partial charge on any atom is -0.327 e. The van der Waals surface area contributed by atoms with Crippen molar-refractivity contribution in [2.75, 3.05) is 0 Å². The Morgan fingerprint density at radius 3 is 2.50 bits per heavy atom. The highest BCUT2D eigenvalue weighted by Crippen LogP contribution is 2.52. The van der Waals surface area contributed by atoms with Crippen LogP contribution in [0.3, 0.4) is 0 Å². The summed E-state index contributed by atoms with van der Waals surface area (Å²) in [5.41, 5.74) is 13.3. The second-order valence-corrected chi connectivity index (χ2v) is 6.97. The number of fused-ring (bicyclic) bond motifs is 1. The Morgan fingerprint density at radius 1 is 1.12 bits per heavy atom. The Bertz CT molecular complexity index is 261. The van der Waals surface area contributed by atoms with E-state index in [-0.39, 0.29) is 11.0 Å². The second kappa shape index (κ2) is 3.99. The van der Waals surface area contributed by atoms with Gasteiger partial charge in [-0.1, -0.05) is 33.6 Å². The molecule has 2 saturated carbocycles. The Labute approximate surface area is 100 Å². The first-order valence-corrected chi connectivity index (χ1v) is 6.91. The van der Waals surface area contributed by atoms with E-state index in [0.717, 1.165) is 12.3 Å². The highest BCUT2D eigenvalue weighted by atomic mass is 14.9. The molecule has 4 atom stereocenters. The molecule has 0 aromatic heterocycles. The number of hydrogen-bond donors (Lipinski definition) is 2. The molecule has 4 unspecified atom stereocenters. The zero-order valence-corrected chi connectivity index (χ0v) is 11.1. The Hall–Kier alpha value is -0.0800. The Morgan fingerprint density at radius 2 is 1.81 bits per heavy atom. The van der Waals surface area contributed by atoms with E-state index >= 15 is 0 Å². The third-order valence-electron chi connectivity index (χ3n) is 5.45. The summed E-state index contributed by atoms with van der Waals surface area (Å²) in [6, 6.07) is 0.327. The average Bonchev–Trinajstić information content (AvgIpc) is 2.32. The first-order valence-electron chi connectivity index (χ1n) is 6.91. The topological polar surface area (TPSA) is 52.0 Å². The maximum atomic E-state index is 6.78. The molecule has 0 aliphatic heterocycles. The second-order valence-electron chi connectivity index (χ2n) is 6.97. The fraction of sp³-hybridized carbons (Fsp3) is 1.00. The lowest BCUT2D eigenvalue weighted by atomic mass is 9.66. The van der Waals surface area contributed by atoms with Gasteiger partial charge in [-0.15, -0.1) is 0 Å². The van der Waals surface area contributed by atoms with Gasteiger partial charge in [0.15, 0.2) is 0 Å². The van der Waals surface area contributed by atoms with Gasteiger partial charge in [0.25, 0.3) is 0 Å². The van der Waals surface area contributed by atoms with Crippen molar-refractivity contribution in [1.82, 2.24) is 0 Å². The van der Waals surface area contributed by atoms with Gasteiger partial charge in [-0.05, 0) is 42.9 Å². The van der Waals surface area contributed by atoms with Gasteiger partial charge in [0.05, 0.1) is 0 Å². The summed E-state index contributed by atoms with van der Waals surface area (Å²) in [6.07, 6.45) is 7.46. The monoisotopic (exact) mass is 224 g/mol. The summed E-state index contributed by atoms with van der Waals surface area (Å²) in [4.78, 5) is 0. The SMILES string of the molecule is CC1CCCC2C(N)CC(C)(C)C2(N)CC1. The van der Waals surface area contributed by atoms with E-state index in [1.807, 2.05) is 0 Å². The highest BCUT2D eigenvalue weighted by Gasteiger charge is 2.55. The molecular formula is C14H28N2. The zero-order chi connectivity index (χ0) is 12.0. The quantitative estimate of drug-likeness (QED) is 0.664. The molecule has 0 aromatic carbocycles. The number of nitrogens with two attached hydrogens (primary N) is 2. The van der Waals surface area contributed by atoms with Gasteiger partial charge >= 0.3 is 0 Å². The number of rotatable bonds is 0. The standard InChI is InChI=1S/C14H28N2/c1-10-5-4-6-11-12(15)9-13(2,3)14(11,16)8-7-10/h10-12H,4-9,15-16H2,1-3H3. The van der Waals surface area contributed by atoms with Crippen LogP contribution in [0, 0.1) is 17.3 Å². The van der Waals surface area contributed by atoms with Gasteiger partial charge in [0.2, 0.25) is 0 Å². The lowest BCUT2D eigenvalue weighted by Gasteiger charge is -2.44. The molecule has 0 amide bonds. The van der Waals surface area contributed by atoms with Crippen molar-refractivity contribution in [1.29, 1.82) is 0 Å². The maximum Gasteiger partial charge on any atom is 0.0250 e. The van der Waals surface area contributed by atoms with E-state index in [1.165, 1.54) is 32.1 Å². The maximum absolute atomic E-state index is 6.78. The smallest absolute Gasteiger partial charge is 0.0250 e. The molecule has 2 aliphatic carbocycles. The molecule has 2 heteroatoms. The summed E-state index contributed by atoms with van der Waals surface area (Å²) < 4.78 is 0. The third kappa shape index (κ3) is 1.80. The van der Waals surface area contributed by atoms with Crippen LogP contribution in [-0.4, -0.2) is 11.6 Å². The van der Waals surface area contributed by atoms with Crippen LogP contribution >= 0.6 is 0 Å². The van der Waals surface area contributed by atoms with Crippen LogP contribution in [0.1, 0.15) is 59.3 Å². The van der Waals surface area contributed by atoms with Gasteiger partial charge in [-0.2, -0.15) is 0 Å². The summed E-state index contributed by atoms with van der Waals surface area (Å²) in [5.74, 6) is 1.39. The summed E-state index contributed by atoms with van der Waals surface area (Å²) in [7, 11) is 0. The van der Waals surface area contributed by atoms with Gasteiger partial charge in [0, 0.05) is 11.6 Å². The van der Waals surface area contributed by atoms with E-state index in [0.29, 0.717) is 12.0 Å². The first kappa shape index (κ1) is 12.4. The molecule has 0 saturated heterocycles. The van der Waals surface area contributed by atoms with Crippen molar-refractivity contribution in [2.45, 2.75) is 70.9 Å². The highest BCUT2D eigenvalue weighted by molar-refractivity contribution is 5.12. The van der Waals surface area contributed by atoms with Crippen molar-refractivity contribution in [2.24, 2.45) is 28.7 Å². The fourth-order valence-electron chi connectivity index (χ4n) is 4.12. The molecule has 0 radical (unpaired) electrons. The molecule has 4 N–H and O–H groups in total. The van der Waals surface area contributed by atoms with E-state index in [1.54, 1.807) is 0 Å². The summed E-state index contributed by atoms with van der Waals surface area (Å²) in [6.45, 7) is 7.00. The third-order valence-corrected chi connectivity index (χ3v) is 5.45. The molecule has 2 fully saturated rings. The van der Waals surface area contributed by atoms with Crippen LogP contribution in [0.15, 0.2) is 0 Å². The number of hydrogen-bond acceptors (Lipinski definition) is 2. The molecular weight excluding hydrogens is 196 g/mol. The summed E-state index contributed by atoms with van der Waals surface area (Å²) in [5, 5.41) is 0. The van der Waals surface area contributed by atoms with Crippen LogP contribution < -0.4 is 11.5 Å². The molecule has 2 nitrogen and oxygen atoms in total. The van der Waals surface area contributed by atoms with E-state index in [9.17, 15) is 0 Å². The predicted octanol–water partition coefficient (Wildman–Crippen LogP) is 2.66. The van der Waals surface area contributed by atoms with Crippen molar-refractivity contribution < 1.29 is 0 Å². The average molecular weight is 224 g/mol. The Balaban J connectivity index is 2.24. The Kier molecular flexibility index (Phi) is 3.09. The fourth-order valence-corrected chi connectivity index (χ4v) is 4.12. The van der Waals surface area contributed by atoms with Crippen LogP contribution in [0.4, 0.5) is 0 Å². The van der Waals surface area contributed by atoms with E-state index in [2.05, 4.69) is 20.8 Å². The molecule has 2 aliphatic rings. The van der Waals surface area contributed by atoms with E-state index in [4.69, 9.17) is 11.5 Å². The van der Waals surface area contributed by atoms with Crippen molar-refractivity contribution in [3.05, 3.63) is 0 Å². The normalized spacial score (nSPS) is 48.2. The van der Waals surface area contributed by atoms with E-state index < -0.39 is 0 Å². The molecule has 16 heavy (non-hydrogen) atoms. The minimum absolute atomic E-state index is 0.0128.